The lowest BCUT2D eigenvalue weighted by atomic mass is 10.1. The Kier molecular flexibility index (Phi) is 4.02. The first kappa shape index (κ1) is 15.1. The predicted octanol–water partition coefficient (Wildman–Crippen LogP) is 2.90. The predicted molar refractivity (Wildman–Crippen MR) is 88.7 cm³/mol. The van der Waals surface area contributed by atoms with Gasteiger partial charge in [-0.3, -0.25) is 9.59 Å². The summed E-state index contributed by atoms with van der Waals surface area (Å²) in [4.78, 5) is 23.5. The molecular weight excluding hydrogens is 292 g/mol. The molecule has 1 aliphatic rings. The minimum absolute atomic E-state index is 0.123. The molecule has 118 valence electrons. The van der Waals surface area contributed by atoms with E-state index in [0.717, 1.165) is 22.6 Å². The topological polar surface area (TPSA) is 67.4 Å². The van der Waals surface area contributed by atoms with Gasteiger partial charge in [0.1, 0.15) is 5.75 Å². The number of carbonyl (C=O) groups is 2. The Morgan fingerprint density at radius 1 is 1.13 bits per heavy atom. The molecule has 5 nitrogen and oxygen atoms in total. The van der Waals surface area contributed by atoms with Gasteiger partial charge >= 0.3 is 0 Å². The Hall–Kier alpha value is -2.82. The largest absolute Gasteiger partial charge is 0.480 e. The fraction of sp³-hybridized carbons (Fsp3) is 0.222. The van der Waals surface area contributed by atoms with E-state index in [-0.39, 0.29) is 11.8 Å². The summed E-state index contributed by atoms with van der Waals surface area (Å²) in [6.45, 7) is 3.34. The Bertz CT molecular complexity index is 746. The third-order valence-electron chi connectivity index (χ3n) is 3.74. The van der Waals surface area contributed by atoms with Gasteiger partial charge in [-0.05, 0) is 42.3 Å². The first-order valence-corrected chi connectivity index (χ1v) is 7.46. The number of nitrogens with one attached hydrogen (secondary N) is 2. The van der Waals surface area contributed by atoms with Gasteiger partial charge in [0.2, 0.25) is 5.91 Å². The van der Waals surface area contributed by atoms with Crippen molar-refractivity contribution in [2.24, 2.45) is 0 Å². The van der Waals surface area contributed by atoms with Crippen LogP contribution in [0.2, 0.25) is 0 Å². The number of para-hydroxylation sites is 1. The van der Waals surface area contributed by atoms with Crippen LogP contribution in [0.25, 0.3) is 0 Å². The third-order valence-corrected chi connectivity index (χ3v) is 3.74. The Labute approximate surface area is 134 Å². The molecule has 23 heavy (non-hydrogen) atoms. The lowest BCUT2D eigenvalue weighted by Crippen LogP contribution is -2.31. The number of anilines is 2. The van der Waals surface area contributed by atoms with Gasteiger partial charge in [0, 0.05) is 24.7 Å². The zero-order valence-electron chi connectivity index (χ0n) is 13.1. The van der Waals surface area contributed by atoms with E-state index in [0.29, 0.717) is 12.1 Å². The molecule has 2 amide bonds. The van der Waals surface area contributed by atoms with Crippen LogP contribution in [0.5, 0.6) is 5.75 Å². The number of amides is 2. The maximum absolute atomic E-state index is 12.4. The van der Waals surface area contributed by atoms with Crippen molar-refractivity contribution < 1.29 is 14.3 Å². The van der Waals surface area contributed by atoms with E-state index in [1.807, 2.05) is 37.3 Å². The minimum atomic E-state index is -0.511. The molecule has 1 heterocycles. The molecule has 0 aliphatic carbocycles. The maximum Gasteiger partial charge on any atom is 0.265 e. The minimum Gasteiger partial charge on any atom is -0.480 e. The number of carbonyl (C=O) groups excluding carboxylic acids is 2. The molecule has 0 saturated heterocycles. The van der Waals surface area contributed by atoms with Crippen molar-refractivity contribution in [1.29, 1.82) is 0 Å². The molecular formula is C18H18N2O3. The summed E-state index contributed by atoms with van der Waals surface area (Å²) in [7, 11) is 0. The van der Waals surface area contributed by atoms with E-state index in [4.69, 9.17) is 4.74 Å². The molecule has 2 aromatic rings. The molecule has 2 aromatic carbocycles. The fourth-order valence-electron chi connectivity index (χ4n) is 2.62. The zero-order chi connectivity index (χ0) is 16.4. The molecule has 0 radical (unpaired) electrons. The number of benzene rings is 2. The van der Waals surface area contributed by atoms with Crippen LogP contribution in [0, 0.1) is 6.92 Å². The van der Waals surface area contributed by atoms with Crippen LogP contribution in [0.3, 0.4) is 0 Å². The number of rotatable bonds is 3. The molecule has 0 saturated carbocycles. The van der Waals surface area contributed by atoms with Gasteiger partial charge in [-0.15, -0.1) is 0 Å². The number of hydrogen-bond donors (Lipinski definition) is 2. The molecule has 0 aromatic heterocycles. The summed E-state index contributed by atoms with van der Waals surface area (Å²) < 4.78 is 5.68. The van der Waals surface area contributed by atoms with E-state index in [1.54, 1.807) is 12.1 Å². The highest BCUT2D eigenvalue weighted by Gasteiger charge is 2.28. The lowest BCUT2D eigenvalue weighted by molar-refractivity contribution is -0.122. The maximum atomic E-state index is 12.4. The second-order valence-electron chi connectivity index (χ2n) is 5.62. The van der Waals surface area contributed by atoms with Gasteiger partial charge in [0.15, 0.2) is 6.10 Å². The van der Waals surface area contributed by atoms with Crippen LogP contribution >= 0.6 is 0 Å². The first-order valence-electron chi connectivity index (χ1n) is 7.46. The first-order chi connectivity index (χ1) is 11.0. The van der Waals surface area contributed by atoms with E-state index in [1.165, 1.54) is 6.92 Å². The Morgan fingerprint density at radius 3 is 2.61 bits per heavy atom. The van der Waals surface area contributed by atoms with Crippen molar-refractivity contribution in [2.75, 3.05) is 10.6 Å². The molecule has 3 rings (SSSR count). The Morgan fingerprint density at radius 2 is 1.91 bits per heavy atom. The zero-order valence-corrected chi connectivity index (χ0v) is 13.1. The lowest BCUT2D eigenvalue weighted by Gasteiger charge is -2.13. The highest BCUT2D eigenvalue weighted by atomic mass is 16.5. The highest BCUT2D eigenvalue weighted by Crippen LogP contribution is 2.29. The molecule has 0 spiro atoms. The van der Waals surface area contributed by atoms with E-state index >= 15 is 0 Å². The van der Waals surface area contributed by atoms with Gasteiger partial charge in [0.25, 0.3) is 5.91 Å². The van der Waals surface area contributed by atoms with Crippen LogP contribution in [-0.2, 0) is 16.0 Å². The second kappa shape index (κ2) is 6.12. The molecule has 0 bridgehead atoms. The summed E-state index contributed by atoms with van der Waals surface area (Å²) in [5, 5.41) is 5.61. The third kappa shape index (κ3) is 3.34. The van der Waals surface area contributed by atoms with Crippen molar-refractivity contribution in [2.45, 2.75) is 26.4 Å². The number of ether oxygens (including phenoxy) is 1. The van der Waals surface area contributed by atoms with E-state index < -0.39 is 6.10 Å². The molecule has 5 heteroatoms. The van der Waals surface area contributed by atoms with Crippen molar-refractivity contribution in [3.8, 4) is 5.75 Å². The number of fused-ring (bicyclic) bond motifs is 1. The van der Waals surface area contributed by atoms with Crippen molar-refractivity contribution in [3.63, 3.8) is 0 Å². The normalized spacial score (nSPS) is 15.5. The Balaban J connectivity index is 1.67. The monoisotopic (exact) mass is 310 g/mol. The van der Waals surface area contributed by atoms with Crippen molar-refractivity contribution >= 4 is 23.2 Å². The van der Waals surface area contributed by atoms with Crippen LogP contribution < -0.4 is 15.4 Å². The van der Waals surface area contributed by atoms with Gasteiger partial charge in [-0.2, -0.15) is 0 Å². The van der Waals surface area contributed by atoms with Crippen LogP contribution in [-0.4, -0.2) is 17.9 Å². The smallest absolute Gasteiger partial charge is 0.265 e. The van der Waals surface area contributed by atoms with Gasteiger partial charge < -0.3 is 15.4 Å². The number of hydrogen-bond acceptors (Lipinski definition) is 3. The van der Waals surface area contributed by atoms with Crippen LogP contribution in [0.1, 0.15) is 18.1 Å². The molecule has 1 atom stereocenters. The summed E-state index contributed by atoms with van der Waals surface area (Å²) in [6.07, 6.45) is 0.0630. The summed E-state index contributed by atoms with van der Waals surface area (Å²) in [5.74, 6) is 0.472. The van der Waals surface area contributed by atoms with Crippen LogP contribution in [0.15, 0.2) is 42.5 Å². The van der Waals surface area contributed by atoms with Gasteiger partial charge in [-0.1, -0.05) is 18.2 Å². The molecule has 0 fully saturated rings. The van der Waals surface area contributed by atoms with Crippen molar-refractivity contribution in [3.05, 3.63) is 53.6 Å². The quantitative estimate of drug-likeness (QED) is 0.916. The van der Waals surface area contributed by atoms with Gasteiger partial charge in [-0.25, -0.2) is 0 Å². The summed E-state index contributed by atoms with van der Waals surface area (Å²) >= 11 is 0. The van der Waals surface area contributed by atoms with Crippen LogP contribution in [0.4, 0.5) is 11.4 Å². The van der Waals surface area contributed by atoms with E-state index in [9.17, 15) is 9.59 Å². The second-order valence-corrected chi connectivity index (χ2v) is 5.62. The number of aryl methyl sites for hydroxylation is 1. The summed E-state index contributed by atoms with van der Waals surface area (Å²) in [5.41, 5.74) is 3.35. The highest BCUT2D eigenvalue weighted by molar-refractivity contribution is 5.96. The van der Waals surface area contributed by atoms with E-state index in [2.05, 4.69) is 10.6 Å². The standard InChI is InChI=1S/C18H18N2O3/c1-11-9-14(7-8-15(11)19-12(2)21)20-18(22)17-10-13-5-3-4-6-16(13)23-17/h3-9,17H,10H2,1-2H3,(H,19,21)(H,20,22)/t17-/m0/s1. The van der Waals surface area contributed by atoms with Crippen molar-refractivity contribution in [1.82, 2.24) is 0 Å². The molecule has 1 aliphatic heterocycles. The SMILES string of the molecule is CC(=O)Nc1ccc(NC(=O)[C@@H]2Cc3ccccc3O2)cc1C. The fourth-order valence-corrected chi connectivity index (χ4v) is 2.62. The molecule has 0 unspecified atom stereocenters. The average Bonchev–Trinajstić information content (AvgIpc) is 2.94. The average molecular weight is 310 g/mol. The summed E-state index contributed by atoms with van der Waals surface area (Å²) in [6, 6.07) is 13.0. The molecule has 2 N–H and O–H groups in total. The van der Waals surface area contributed by atoms with Gasteiger partial charge in [0.05, 0.1) is 0 Å².